The fraction of sp³-hybridized carbons (Fsp3) is 0.200. The van der Waals surface area contributed by atoms with Crippen LogP contribution in [-0.4, -0.2) is 5.91 Å². The van der Waals surface area contributed by atoms with Gasteiger partial charge in [-0.2, -0.15) is 4.99 Å². The summed E-state index contributed by atoms with van der Waals surface area (Å²) in [5, 5.41) is 1.72. The molecule has 0 saturated heterocycles. The molecular formula is C5H5NO2S. The first-order chi connectivity index (χ1) is 4.29. The Balaban J connectivity index is 3.00. The van der Waals surface area contributed by atoms with Gasteiger partial charge in [-0.05, 0) is 0 Å². The van der Waals surface area contributed by atoms with Crippen molar-refractivity contribution in [2.24, 2.45) is 4.99 Å². The SMILES string of the molecule is CC(=O)N=c1occs1. The fourth-order valence-corrected chi connectivity index (χ4v) is 0.901. The van der Waals surface area contributed by atoms with Crippen LogP contribution in [0.25, 0.3) is 0 Å². The Morgan fingerprint density at radius 1 is 1.89 bits per heavy atom. The van der Waals surface area contributed by atoms with Gasteiger partial charge in [0.2, 0.25) is 5.91 Å². The summed E-state index contributed by atoms with van der Waals surface area (Å²) in [6, 6.07) is 0. The zero-order chi connectivity index (χ0) is 6.69. The molecule has 0 fully saturated rings. The first-order valence-corrected chi connectivity index (χ1v) is 3.24. The third-order valence-corrected chi connectivity index (χ3v) is 1.28. The number of carbonyl (C=O) groups is 1. The van der Waals surface area contributed by atoms with E-state index >= 15 is 0 Å². The first kappa shape index (κ1) is 6.22. The minimum atomic E-state index is -0.235. The van der Waals surface area contributed by atoms with E-state index in [1.165, 1.54) is 24.5 Å². The molecule has 1 amide bonds. The van der Waals surface area contributed by atoms with E-state index in [0.717, 1.165) is 0 Å². The highest BCUT2D eigenvalue weighted by atomic mass is 32.1. The average molecular weight is 143 g/mol. The highest BCUT2D eigenvalue weighted by molar-refractivity contribution is 7.06. The summed E-state index contributed by atoms with van der Waals surface area (Å²) < 4.78 is 4.78. The molecule has 0 unspecified atom stereocenters. The number of amides is 1. The molecule has 0 saturated carbocycles. The molecule has 0 aliphatic rings. The van der Waals surface area contributed by atoms with Crippen molar-refractivity contribution >= 4 is 17.2 Å². The van der Waals surface area contributed by atoms with Gasteiger partial charge in [0.15, 0.2) is 0 Å². The summed E-state index contributed by atoms with van der Waals surface area (Å²) in [6.07, 6.45) is 1.49. The van der Waals surface area contributed by atoms with Crippen molar-refractivity contribution in [3.63, 3.8) is 0 Å². The van der Waals surface area contributed by atoms with E-state index in [9.17, 15) is 4.79 Å². The molecule has 0 spiro atoms. The van der Waals surface area contributed by atoms with E-state index in [2.05, 4.69) is 4.99 Å². The highest BCUT2D eigenvalue weighted by Crippen LogP contribution is 1.85. The van der Waals surface area contributed by atoms with E-state index in [0.29, 0.717) is 4.87 Å². The predicted octanol–water partition coefficient (Wildman–Crippen LogP) is 0.788. The topological polar surface area (TPSA) is 42.6 Å². The van der Waals surface area contributed by atoms with E-state index in [-0.39, 0.29) is 5.91 Å². The summed E-state index contributed by atoms with van der Waals surface area (Å²) in [5.41, 5.74) is 0. The van der Waals surface area contributed by atoms with Crippen molar-refractivity contribution < 1.29 is 9.21 Å². The van der Waals surface area contributed by atoms with Gasteiger partial charge >= 0.3 is 0 Å². The van der Waals surface area contributed by atoms with Crippen LogP contribution >= 0.6 is 11.3 Å². The van der Waals surface area contributed by atoms with Crippen LogP contribution in [0.5, 0.6) is 0 Å². The quantitative estimate of drug-likeness (QED) is 0.538. The summed E-state index contributed by atoms with van der Waals surface area (Å²) in [4.78, 5) is 14.2. The van der Waals surface area contributed by atoms with Gasteiger partial charge in [0.25, 0.3) is 4.87 Å². The molecule has 1 aromatic heterocycles. The maximum atomic E-state index is 10.3. The van der Waals surface area contributed by atoms with Crippen molar-refractivity contribution in [3.8, 4) is 0 Å². The molecule has 0 N–H and O–H groups in total. The Morgan fingerprint density at radius 2 is 2.67 bits per heavy atom. The molecule has 0 atom stereocenters. The van der Waals surface area contributed by atoms with Crippen LogP contribution in [-0.2, 0) is 4.79 Å². The minimum absolute atomic E-state index is 0.235. The van der Waals surface area contributed by atoms with Gasteiger partial charge in [0.05, 0.1) is 0 Å². The standard InChI is InChI=1S/C5H5NO2S/c1-4(7)6-5-8-2-3-9-5/h2-3H,1H3. The van der Waals surface area contributed by atoms with Gasteiger partial charge in [0, 0.05) is 12.3 Å². The van der Waals surface area contributed by atoms with Crippen molar-refractivity contribution in [2.45, 2.75) is 6.92 Å². The molecule has 1 aromatic rings. The minimum Gasteiger partial charge on any atom is -0.438 e. The Hall–Kier alpha value is -0.900. The van der Waals surface area contributed by atoms with E-state index < -0.39 is 0 Å². The molecule has 0 bridgehead atoms. The molecule has 48 valence electrons. The lowest BCUT2D eigenvalue weighted by molar-refractivity contribution is -0.116. The number of rotatable bonds is 0. The predicted molar refractivity (Wildman–Crippen MR) is 32.8 cm³/mol. The Morgan fingerprint density at radius 3 is 3.11 bits per heavy atom. The summed E-state index contributed by atoms with van der Waals surface area (Å²) in [5.74, 6) is -0.235. The van der Waals surface area contributed by atoms with Crippen LogP contribution in [0.15, 0.2) is 21.1 Å². The number of nitrogens with zero attached hydrogens (tertiary/aromatic N) is 1. The fourth-order valence-electron chi connectivity index (χ4n) is 0.381. The lowest BCUT2D eigenvalue weighted by Crippen LogP contribution is -1.94. The first-order valence-electron chi connectivity index (χ1n) is 2.36. The van der Waals surface area contributed by atoms with Crippen LogP contribution in [0.2, 0.25) is 0 Å². The van der Waals surface area contributed by atoms with Crippen molar-refractivity contribution in [2.75, 3.05) is 0 Å². The lowest BCUT2D eigenvalue weighted by Gasteiger charge is -1.72. The summed E-state index contributed by atoms with van der Waals surface area (Å²) in [7, 11) is 0. The smallest absolute Gasteiger partial charge is 0.281 e. The third-order valence-electron chi connectivity index (χ3n) is 0.642. The van der Waals surface area contributed by atoms with Gasteiger partial charge in [0.1, 0.15) is 6.26 Å². The second-order valence-corrected chi connectivity index (χ2v) is 2.26. The maximum absolute atomic E-state index is 10.3. The van der Waals surface area contributed by atoms with Crippen molar-refractivity contribution in [1.29, 1.82) is 0 Å². The Bertz CT molecular complexity index is 243. The second-order valence-electron chi connectivity index (χ2n) is 1.40. The van der Waals surface area contributed by atoms with Crippen LogP contribution in [0.1, 0.15) is 6.92 Å². The number of hydrogen-bond donors (Lipinski definition) is 0. The number of hydrogen-bond acceptors (Lipinski definition) is 3. The van der Waals surface area contributed by atoms with Gasteiger partial charge in [-0.1, -0.05) is 11.3 Å². The van der Waals surface area contributed by atoms with Crippen LogP contribution in [0.4, 0.5) is 0 Å². The van der Waals surface area contributed by atoms with Crippen LogP contribution in [0, 0.1) is 0 Å². The second kappa shape index (κ2) is 2.59. The zero-order valence-electron chi connectivity index (χ0n) is 4.83. The van der Waals surface area contributed by atoms with Crippen LogP contribution < -0.4 is 4.87 Å². The normalized spacial score (nSPS) is 11.9. The monoisotopic (exact) mass is 143 g/mol. The molecule has 9 heavy (non-hydrogen) atoms. The maximum Gasteiger partial charge on any atom is 0.281 e. The Kier molecular flexibility index (Phi) is 1.79. The summed E-state index contributed by atoms with van der Waals surface area (Å²) in [6.45, 7) is 1.38. The van der Waals surface area contributed by atoms with Gasteiger partial charge in [-0.25, -0.2) is 0 Å². The van der Waals surface area contributed by atoms with Gasteiger partial charge < -0.3 is 4.42 Å². The highest BCUT2D eigenvalue weighted by Gasteiger charge is 1.86. The molecule has 1 heterocycles. The van der Waals surface area contributed by atoms with E-state index in [1.807, 2.05) is 0 Å². The molecule has 0 radical (unpaired) electrons. The molecule has 0 aliphatic carbocycles. The average Bonchev–Trinajstić information content (AvgIpc) is 2.15. The van der Waals surface area contributed by atoms with Gasteiger partial charge in [-0.3, -0.25) is 4.79 Å². The Labute approximate surface area is 55.7 Å². The molecule has 0 aromatic carbocycles. The lowest BCUT2D eigenvalue weighted by atomic mass is 10.8. The van der Waals surface area contributed by atoms with E-state index in [1.54, 1.807) is 5.38 Å². The van der Waals surface area contributed by atoms with Crippen LogP contribution in [0.3, 0.4) is 0 Å². The largest absolute Gasteiger partial charge is 0.438 e. The zero-order valence-corrected chi connectivity index (χ0v) is 5.64. The molecule has 1 rings (SSSR count). The van der Waals surface area contributed by atoms with E-state index in [4.69, 9.17) is 4.42 Å². The molecule has 0 aliphatic heterocycles. The number of carbonyl (C=O) groups excluding carboxylic acids is 1. The van der Waals surface area contributed by atoms with Gasteiger partial charge in [-0.15, -0.1) is 0 Å². The third kappa shape index (κ3) is 1.81. The van der Waals surface area contributed by atoms with Crippen molar-refractivity contribution in [1.82, 2.24) is 0 Å². The molecule has 3 nitrogen and oxygen atoms in total. The summed E-state index contributed by atoms with van der Waals surface area (Å²) >= 11 is 1.30. The molecular weight excluding hydrogens is 138 g/mol. The molecule has 4 heteroatoms. The van der Waals surface area contributed by atoms with Crippen molar-refractivity contribution in [3.05, 3.63) is 16.5 Å².